The lowest BCUT2D eigenvalue weighted by molar-refractivity contribution is -0.135. The Morgan fingerprint density at radius 3 is 2.41 bits per heavy atom. The largest absolute Gasteiger partial charge is 0.496 e. The number of halogens is 2. The summed E-state index contributed by atoms with van der Waals surface area (Å²) in [6, 6.07) is 5.54. The molecule has 0 atom stereocenters. The number of anilines is 1. The van der Waals surface area contributed by atoms with Crippen molar-refractivity contribution in [2.75, 3.05) is 45.3 Å². The van der Waals surface area contributed by atoms with Crippen molar-refractivity contribution in [2.45, 2.75) is 25.7 Å². The van der Waals surface area contributed by atoms with Gasteiger partial charge in [-0.25, -0.2) is 4.98 Å². The molecule has 2 aliphatic rings. The number of aromatic nitrogens is 3. The molecule has 1 amide bonds. The van der Waals surface area contributed by atoms with Gasteiger partial charge in [-0.15, -0.1) is 12.4 Å². The lowest BCUT2D eigenvalue weighted by atomic mass is 10.1. The number of hydrogen-bond acceptors (Lipinski definition) is 6. The summed E-state index contributed by atoms with van der Waals surface area (Å²) in [5.74, 6) is 3.21. The number of hydrogen-bond donors (Lipinski definition) is 0. The summed E-state index contributed by atoms with van der Waals surface area (Å²) >= 11 is 6.34. The number of carbonyl (C=O) groups excluding carboxylic acids is 1. The predicted octanol–water partition coefficient (Wildman–Crippen LogP) is 4.33. The van der Waals surface area contributed by atoms with Gasteiger partial charge >= 0.3 is 0 Å². The van der Waals surface area contributed by atoms with E-state index < -0.39 is 0 Å². The maximum atomic E-state index is 12.7. The minimum atomic E-state index is 0. The van der Waals surface area contributed by atoms with Crippen molar-refractivity contribution in [3.8, 4) is 22.8 Å². The number of carbonyl (C=O) groups is 1. The molecular formula is C24H29Cl2N5O3. The molecule has 0 N–H and O–H groups in total. The van der Waals surface area contributed by atoms with Crippen molar-refractivity contribution < 1.29 is 14.3 Å². The van der Waals surface area contributed by atoms with Crippen LogP contribution >= 0.6 is 24.0 Å². The average molecular weight is 506 g/mol. The molecule has 2 aromatic heterocycles. The zero-order valence-electron chi connectivity index (χ0n) is 19.4. The van der Waals surface area contributed by atoms with Gasteiger partial charge in [-0.2, -0.15) is 4.98 Å². The quantitative estimate of drug-likeness (QED) is 0.513. The maximum absolute atomic E-state index is 12.7. The van der Waals surface area contributed by atoms with Crippen LogP contribution in [0.1, 0.15) is 25.7 Å². The topological polar surface area (TPSA) is 72.2 Å². The standard InChI is InChI=1S/C24H28ClN5O3.ClH/c1-32-20-14-21(33-2)18(25)13-17(20)19-15-30-8-7-22(27-24(30)26-19)28-9-11-29(12-10-28)23(31)16-5-3-4-6-16;/h7-8,13-16H,3-6,9-12H2,1-2H3;1H. The fourth-order valence-electron chi connectivity index (χ4n) is 4.82. The van der Waals surface area contributed by atoms with Crippen LogP contribution in [0.4, 0.5) is 5.82 Å². The Hall–Kier alpha value is -2.71. The number of benzene rings is 1. The molecule has 182 valence electrons. The average Bonchev–Trinajstić information content (AvgIpc) is 3.53. The molecule has 8 nitrogen and oxygen atoms in total. The van der Waals surface area contributed by atoms with E-state index in [2.05, 4.69) is 4.90 Å². The Labute approximate surface area is 210 Å². The van der Waals surface area contributed by atoms with Crippen LogP contribution in [0.15, 0.2) is 30.6 Å². The normalized spacial score (nSPS) is 16.6. The Balaban J connectivity index is 0.00000274. The van der Waals surface area contributed by atoms with Crippen LogP contribution in [0.5, 0.6) is 11.5 Å². The number of nitrogens with zero attached hydrogens (tertiary/aromatic N) is 5. The van der Waals surface area contributed by atoms with E-state index in [1.54, 1.807) is 26.4 Å². The molecule has 1 saturated carbocycles. The second-order valence-corrected chi connectivity index (χ2v) is 9.01. The minimum absolute atomic E-state index is 0. The molecule has 0 spiro atoms. The van der Waals surface area contributed by atoms with Gasteiger partial charge in [-0.1, -0.05) is 24.4 Å². The van der Waals surface area contributed by atoms with Crippen LogP contribution in [0.3, 0.4) is 0 Å². The maximum Gasteiger partial charge on any atom is 0.236 e. The Morgan fingerprint density at radius 1 is 1.03 bits per heavy atom. The third kappa shape index (κ3) is 4.61. The molecule has 0 unspecified atom stereocenters. The highest BCUT2D eigenvalue weighted by Gasteiger charge is 2.29. The van der Waals surface area contributed by atoms with Crippen molar-refractivity contribution in [3.05, 3.63) is 35.6 Å². The van der Waals surface area contributed by atoms with Crippen molar-refractivity contribution in [1.29, 1.82) is 0 Å². The zero-order valence-corrected chi connectivity index (χ0v) is 20.9. The molecule has 10 heteroatoms. The Morgan fingerprint density at radius 2 is 1.74 bits per heavy atom. The summed E-state index contributed by atoms with van der Waals surface area (Å²) in [6.07, 6.45) is 8.32. The summed E-state index contributed by atoms with van der Waals surface area (Å²) in [5.41, 5.74) is 1.49. The van der Waals surface area contributed by atoms with Gasteiger partial charge in [-0.05, 0) is 25.0 Å². The molecule has 1 aromatic carbocycles. The molecule has 3 aromatic rings. The van der Waals surface area contributed by atoms with Crippen molar-refractivity contribution >= 4 is 41.5 Å². The van der Waals surface area contributed by atoms with E-state index in [0.717, 1.165) is 50.4 Å². The van der Waals surface area contributed by atoms with E-state index in [4.69, 9.17) is 31.0 Å². The molecule has 2 fully saturated rings. The second kappa shape index (κ2) is 10.3. The highest BCUT2D eigenvalue weighted by molar-refractivity contribution is 6.32. The third-order valence-electron chi connectivity index (χ3n) is 6.68. The van der Waals surface area contributed by atoms with Gasteiger partial charge in [-0.3, -0.25) is 9.20 Å². The van der Waals surface area contributed by atoms with Gasteiger partial charge in [0.15, 0.2) is 0 Å². The van der Waals surface area contributed by atoms with Crippen molar-refractivity contribution in [2.24, 2.45) is 5.92 Å². The van der Waals surface area contributed by atoms with Crippen LogP contribution < -0.4 is 14.4 Å². The van der Waals surface area contributed by atoms with E-state index in [-0.39, 0.29) is 18.3 Å². The van der Waals surface area contributed by atoms with E-state index >= 15 is 0 Å². The zero-order chi connectivity index (χ0) is 22.9. The molecule has 3 heterocycles. The van der Waals surface area contributed by atoms with Crippen molar-refractivity contribution in [1.82, 2.24) is 19.3 Å². The fraction of sp³-hybridized carbons (Fsp3) is 0.458. The number of imidazole rings is 1. The lowest BCUT2D eigenvalue weighted by Crippen LogP contribution is -2.50. The minimum Gasteiger partial charge on any atom is -0.496 e. The number of ether oxygens (including phenoxy) is 2. The van der Waals surface area contributed by atoms with E-state index in [1.807, 2.05) is 27.8 Å². The van der Waals surface area contributed by atoms with Crippen molar-refractivity contribution in [3.63, 3.8) is 0 Å². The summed E-state index contributed by atoms with van der Waals surface area (Å²) in [4.78, 5) is 26.5. The number of methoxy groups -OCH3 is 2. The first kappa shape index (κ1) is 24.4. The molecule has 1 aliphatic heterocycles. The van der Waals surface area contributed by atoms with E-state index in [0.29, 0.717) is 33.9 Å². The fourth-order valence-corrected chi connectivity index (χ4v) is 5.06. The van der Waals surface area contributed by atoms with Gasteiger partial charge in [0.05, 0.1) is 24.9 Å². The summed E-state index contributed by atoms with van der Waals surface area (Å²) in [6.45, 7) is 3.03. The monoisotopic (exact) mass is 505 g/mol. The van der Waals surface area contributed by atoms with E-state index in [9.17, 15) is 4.79 Å². The van der Waals surface area contributed by atoms with E-state index in [1.165, 1.54) is 12.8 Å². The highest BCUT2D eigenvalue weighted by atomic mass is 35.5. The molecule has 5 rings (SSSR count). The number of rotatable bonds is 5. The molecule has 34 heavy (non-hydrogen) atoms. The third-order valence-corrected chi connectivity index (χ3v) is 6.98. The highest BCUT2D eigenvalue weighted by Crippen LogP contribution is 2.38. The molecule has 0 bridgehead atoms. The number of amides is 1. The first-order valence-corrected chi connectivity index (χ1v) is 11.8. The molecule has 1 aliphatic carbocycles. The smallest absolute Gasteiger partial charge is 0.236 e. The van der Waals surface area contributed by atoms with Gasteiger partial charge in [0.2, 0.25) is 11.7 Å². The summed E-state index contributed by atoms with van der Waals surface area (Å²) < 4.78 is 12.7. The van der Waals surface area contributed by atoms with Gasteiger partial charge < -0.3 is 19.3 Å². The molecule has 0 radical (unpaired) electrons. The number of piperazine rings is 1. The Bertz CT molecular complexity index is 1170. The summed E-state index contributed by atoms with van der Waals surface area (Å²) in [5, 5.41) is 0.490. The molecular weight excluding hydrogens is 477 g/mol. The first-order chi connectivity index (χ1) is 16.1. The molecule has 1 saturated heterocycles. The van der Waals surface area contributed by atoms with Crippen LogP contribution in [0, 0.1) is 5.92 Å². The predicted molar refractivity (Wildman–Crippen MR) is 135 cm³/mol. The second-order valence-electron chi connectivity index (χ2n) is 8.60. The van der Waals surface area contributed by atoms with Crippen LogP contribution in [-0.4, -0.2) is 65.6 Å². The first-order valence-electron chi connectivity index (χ1n) is 11.4. The Kier molecular flexibility index (Phi) is 7.38. The van der Waals surface area contributed by atoms with Crippen LogP contribution in [0.25, 0.3) is 17.0 Å². The van der Waals surface area contributed by atoms with Crippen LogP contribution in [0.2, 0.25) is 5.02 Å². The van der Waals surface area contributed by atoms with Gasteiger partial charge in [0, 0.05) is 56.1 Å². The number of fused-ring (bicyclic) bond motifs is 1. The van der Waals surface area contributed by atoms with Crippen LogP contribution in [-0.2, 0) is 4.79 Å². The summed E-state index contributed by atoms with van der Waals surface area (Å²) in [7, 11) is 3.18. The van der Waals surface area contributed by atoms with Gasteiger partial charge in [0.25, 0.3) is 0 Å². The SMILES string of the molecule is COc1cc(OC)c(-c2cn3ccc(N4CCN(C(=O)C5CCCC5)CC4)nc3n2)cc1Cl.Cl. The lowest BCUT2D eigenvalue weighted by Gasteiger charge is -2.36. The van der Waals surface area contributed by atoms with Gasteiger partial charge in [0.1, 0.15) is 17.3 Å².